The fraction of sp³-hybridized carbons (Fsp3) is 0.636. The van der Waals surface area contributed by atoms with E-state index in [0.29, 0.717) is 6.61 Å². The van der Waals surface area contributed by atoms with Gasteiger partial charge in [-0.25, -0.2) is 0 Å². The van der Waals surface area contributed by atoms with Crippen molar-refractivity contribution >= 4 is 11.3 Å². The van der Waals surface area contributed by atoms with E-state index >= 15 is 0 Å². The van der Waals surface area contributed by atoms with Crippen molar-refractivity contribution < 1.29 is 9.84 Å². The van der Waals surface area contributed by atoms with Crippen LogP contribution in [-0.2, 0) is 10.3 Å². The third kappa shape index (κ3) is 2.16. The van der Waals surface area contributed by atoms with Gasteiger partial charge in [0.2, 0.25) is 0 Å². The Balaban J connectivity index is 2.98. The minimum atomic E-state index is -0.840. The second-order valence-corrected chi connectivity index (χ2v) is 5.21. The first-order valence-corrected chi connectivity index (χ1v) is 5.60. The first kappa shape index (κ1) is 11.7. The van der Waals surface area contributed by atoms with E-state index in [-0.39, 0.29) is 5.92 Å². The van der Waals surface area contributed by atoms with Crippen molar-refractivity contribution in [2.24, 2.45) is 5.92 Å². The standard InChI is InChI=1S/C11H18O2S/c1-8(2)11(12,7-13-4)10-6-5-9(3)14-10/h5-6,8,12H,7H2,1-4H3. The van der Waals surface area contributed by atoms with Crippen molar-refractivity contribution in [1.82, 2.24) is 0 Å². The first-order valence-electron chi connectivity index (χ1n) is 4.79. The van der Waals surface area contributed by atoms with Gasteiger partial charge in [-0.15, -0.1) is 11.3 Å². The summed E-state index contributed by atoms with van der Waals surface area (Å²) in [6, 6.07) is 4.02. The second-order valence-electron chi connectivity index (χ2n) is 3.92. The van der Waals surface area contributed by atoms with Crippen LogP contribution in [0.2, 0.25) is 0 Å². The molecule has 1 atom stereocenters. The lowest BCUT2D eigenvalue weighted by molar-refractivity contribution is -0.0673. The minimum absolute atomic E-state index is 0.153. The Labute approximate surface area is 89.5 Å². The van der Waals surface area contributed by atoms with Crippen molar-refractivity contribution in [2.45, 2.75) is 26.4 Å². The molecule has 0 radical (unpaired) electrons. The summed E-state index contributed by atoms with van der Waals surface area (Å²) in [4.78, 5) is 2.21. The van der Waals surface area contributed by atoms with E-state index in [1.807, 2.05) is 32.9 Å². The maximum Gasteiger partial charge on any atom is 0.124 e. The molecule has 3 heteroatoms. The molecule has 0 aromatic carbocycles. The van der Waals surface area contributed by atoms with Crippen LogP contribution in [0.4, 0.5) is 0 Å². The monoisotopic (exact) mass is 214 g/mol. The number of rotatable bonds is 4. The summed E-state index contributed by atoms with van der Waals surface area (Å²) < 4.78 is 5.09. The summed E-state index contributed by atoms with van der Waals surface area (Å²) in [7, 11) is 1.62. The lowest BCUT2D eigenvalue weighted by Crippen LogP contribution is -2.35. The van der Waals surface area contributed by atoms with Crippen molar-refractivity contribution in [2.75, 3.05) is 13.7 Å². The Bertz CT molecular complexity index is 293. The summed E-state index contributed by atoms with van der Waals surface area (Å²) in [6.07, 6.45) is 0. The van der Waals surface area contributed by atoms with E-state index in [2.05, 4.69) is 0 Å². The van der Waals surface area contributed by atoms with Gasteiger partial charge in [-0.2, -0.15) is 0 Å². The molecule has 0 fully saturated rings. The van der Waals surface area contributed by atoms with E-state index in [0.717, 1.165) is 4.88 Å². The largest absolute Gasteiger partial charge is 0.382 e. The molecule has 1 rings (SSSR count). The van der Waals surface area contributed by atoms with Gasteiger partial charge in [0.25, 0.3) is 0 Å². The smallest absolute Gasteiger partial charge is 0.124 e. The Morgan fingerprint density at radius 2 is 2.14 bits per heavy atom. The Morgan fingerprint density at radius 3 is 2.50 bits per heavy atom. The fourth-order valence-electron chi connectivity index (χ4n) is 1.41. The van der Waals surface area contributed by atoms with Crippen molar-refractivity contribution in [3.63, 3.8) is 0 Å². The van der Waals surface area contributed by atoms with Gasteiger partial charge in [0.05, 0.1) is 6.61 Å². The molecule has 80 valence electrons. The van der Waals surface area contributed by atoms with Crippen LogP contribution in [0.5, 0.6) is 0 Å². The quantitative estimate of drug-likeness (QED) is 0.834. The molecule has 0 saturated heterocycles. The number of hydrogen-bond acceptors (Lipinski definition) is 3. The molecule has 1 unspecified atom stereocenters. The number of hydrogen-bond donors (Lipinski definition) is 1. The number of aryl methyl sites for hydroxylation is 1. The van der Waals surface area contributed by atoms with E-state index in [1.54, 1.807) is 18.4 Å². The van der Waals surface area contributed by atoms with E-state index in [4.69, 9.17) is 4.74 Å². The van der Waals surface area contributed by atoms with E-state index in [9.17, 15) is 5.11 Å². The number of thiophene rings is 1. The highest BCUT2D eigenvalue weighted by atomic mass is 32.1. The van der Waals surface area contributed by atoms with Crippen LogP contribution in [0.1, 0.15) is 23.6 Å². The molecule has 0 aliphatic carbocycles. The van der Waals surface area contributed by atoms with Gasteiger partial charge >= 0.3 is 0 Å². The van der Waals surface area contributed by atoms with Crippen molar-refractivity contribution in [3.8, 4) is 0 Å². The van der Waals surface area contributed by atoms with Gasteiger partial charge in [-0.1, -0.05) is 13.8 Å². The minimum Gasteiger partial charge on any atom is -0.382 e. The topological polar surface area (TPSA) is 29.5 Å². The van der Waals surface area contributed by atoms with Crippen LogP contribution < -0.4 is 0 Å². The molecule has 1 heterocycles. The molecule has 0 aliphatic heterocycles. The fourth-order valence-corrected chi connectivity index (χ4v) is 2.50. The molecule has 1 aromatic rings. The summed E-state index contributed by atoms with van der Waals surface area (Å²) in [5.41, 5.74) is -0.840. The molecule has 0 spiro atoms. The number of methoxy groups -OCH3 is 1. The van der Waals surface area contributed by atoms with E-state index < -0.39 is 5.60 Å². The average Bonchev–Trinajstić information content (AvgIpc) is 2.52. The predicted molar refractivity (Wildman–Crippen MR) is 59.7 cm³/mol. The maximum absolute atomic E-state index is 10.5. The van der Waals surface area contributed by atoms with Gasteiger partial charge in [0.15, 0.2) is 0 Å². The highest BCUT2D eigenvalue weighted by Gasteiger charge is 2.34. The molecule has 0 aliphatic rings. The molecular weight excluding hydrogens is 196 g/mol. The zero-order valence-corrected chi connectivity index (χ0v) is 10.0. The van der Waals surface area contributed by atoms with Gasteiger partial charge in [0.1, 0.15) is 5.60 Å². The highest BCUT2D eigenvalue weighted by molar-refractivity contribution is 7.12. The van der Waals surface area contributed by atoms with E-state index in [1.165, 1.54) is 4.88 Å². The number of ether oxygens (including phenoxy) is 1. The summed E-state index contributed by atoms with van der Waals surface area (Å²) in [5, 5.41) is 10.5. The normalized spacial score (nSPS) is 15.9. The van der Waals surface area contributed by atoms with Crippen LogP contribution >= 0.6 is 11.3 Å². The van der Waals surface area contributed by atoms with Crippen LogP contribution in [0, 0.1) is 12.8 Å². The Kier molecular flexibility index (Phi) is 3.70. The van der Waals surface area contributed by atoms with Gasteiger partial charge in [-0.05, 0) is 25.0 Å². The molecule has 0 amide bonds. The zero-order valence-electron chi connectivity index (χ0n) is 9.20. The Morgan fingerprint density at radius 1 is 1.50 bits per heavy atom. The van der Waals surface area contributed by atoms with Crippen LogP contribution in [0.3, 0.4) is 0 Å². The molecular formula is C11H18O2S. The van der Waals surface area contributed by atoms with Gasteiger partial charge in [-0.3, -0.25) is 0 Å². The third-order valence-corrected chi connectivity index (χ3v) is 3.65. The van der Waals surface area contributed by atoms with Crippen LogP contribution in [0.15, 0.2) is 12.1 Å². The average molecular weight is 214 g/mol. The third-order valence-electron chi connectivity index (χ3n) is 2.49. The predicted octanol–water partition coefficient (Wildman–Crippen LogP) is 2.55. The highest BCUT2D eigenvalue weighted by Crippen LogP contribution is 2.34. The molecule has 2 nitrogen and oxygen atoms in total. The summed E-state index contributed by atoms with van der Waals surface area (Å²) in [5.74, 6) is 0.153. The molecule has 1 N–H and O–H groups in total. The molecule has 1 aromatic heterocycles. The Hall–Kier alpha value is -0.380. The lowest BCUT2D eigenvalue weighted by atomic mass is 9.89. The summed E-state index contributed by atoms with van der Waals surface area (Å²) in [6.45, 7) is 6.41. The molecule has 0 bridgehead atoms. The molecule has 0 saturated carbocycles. The zero-order chi connectivity index (χ0) is 10.8. The lowest BCUT2D eigenvalue weighted by Gasteiger charge is -2.30. The van der Waals surface area contributed by atoms with Crippen LogP contribution in [0.25, 0.3) is 0 Å². The van der Waals surface area contributed by atoms with Crippen molar-refractivity contribution in [3.05, 3.63) is 21.9 Å². The number of aliphatic hydroxyl groups is 1. The van der Waals surface area contributed by atoms with Crippen LogP contribution in [-0.4, -0.2) is 18.8 Å². The maximum atomic E-state index is 10.5. The van der Waals surface area contributed by atoms with Gasteiger partial charge < -0.3 is 9.84 Å². The first-order chi connectivity index (χ1) is 6.50. The van der Waals surface area contributed by atoms with Crippen molar-refractivity contribution in [1.29, 1.82) is 0 Å². The second kappa shape index (κ2) is 4.43. The molecule has 14 heavy (non-hydrogen) atoms. The summed E-state index contributed by atoms with van der Waals surface area (Å²) >= 11 is 1.63. The SMILES string of the molecule is COCC(O)(c1ccc(C)s1)C(C)C. The van der Waals surface area contributed by atoms with Gasteiger partial charge in [0, 0.05) is 16.9 Å².